The zero-order chi connectivity index (χ0) is 16.7. The van der Waals surface area contributed by atoms with Crippen molar-refractivity contribution in [2.45, 2.75) is 19.2 Å². The number of imidazole rings is 1. The molecule has 0 saturated heterocycles. The number of carbonyl (C=O) groups is 1. The fraction of sp³-hybridized carbons (Fsp3) is 0.222. The highest BCUT2D eigenvalue weighted by atomic mass is 32.2. The predicted octanol–water partition coefficient (Wildman–Crippen LogP) is 2.86. The highest BCUT2D eigenvalue weighted by Gasteiger charge is 2.19. The Kier molecular flexibility index (Phi) is 3.69. The molecule has 2 heterocycles. The summed E-state index contributed by atoms with van der Waals surface area (Å²) in [6, 6.07) is 13.2. The number of rotatable bonds is 2. The average Bonchev–Trinajstić information content (AvgIpc) is 2.91. The number of aromatic nitrogens is 2. The van der Waals surface area contributed by atoms with Crippen LogP contribution >= 0.6 is 0 Å². The van der Waals surface area contributed by atoms with Gasteiger partial charge in [0, 0.05) is 34.3 Å². The molecule has 0 aliphatic carbocycles. The summed E-state index contributed by atoms with van der Waals surface area (Å²) in [5, 5.41) is 2.93. The van der Waals surface area contributed by atoms with Gasteiger partial charge in [0.2, 0.25) is 0 Å². The molecule has 5 nitrogen and oxygen atoms in total. The Morgan fingerprint density at radius 3 is 2.92 bits per heavy atom. The molecule has 0 fully saturated rings. The second-order valence-electron chi connectivity index (χ2n) is 5.94. The SMILES string of the molecule is Cc1ccccc1C(=O)Nc1ccc2c(c1)nc1n2CCS(=O)C1. The topological polar surface area (TPSA) is 64.0 Å². The first-order chi connectivity index (χ1) is 11.6. The molecule has 0 bridgehead atoms. The van der Waals surface area contributed by atoms with Gasteiger partial charge in [0.15, 0.2) is 0 Å². The van der Waals surface area contributed by atoms with Crippen LogP contribution in [-0.4, -0.2) is 25.4 Å². The van der Waals surface area contributed by atoms with E-state index in [0.717, 1.165) is 29.0 Å². The maximum absolute atomic E-state index is 12.4. The summed E-state index contributed by atoms with van der Waals surface area (Å²) in [6.45, 7) is 2.65. The number of aryl methyl sites for hydroxylation is 2. The van der Waals surface area contributed by atoms with Crippen LogP contribution in [0.5, 0.6) is 0 Å². The van der Waals surface area contributed by atoms with Crippen LogP contribution in [-0.2, 0) is 23.1 Å². The van der Waals surface area contributed by atoms with E-state index in [1.54, 1.807) is 0 Å². The first-order valence-corrected chi connectivity index (χ1v) is 9.32. The molecule has 0 spiro atoms. The normalized spacial score (nSPS) is 16.8. The Bertz CT molecular complexity index is 978. The summed E-state index contributed by atoms with van der Waals surface area (Å²) in [4.78, 5) is 17.0. The number of fused-ring (bicyclic) bond motifs is 3. The molecule has 1 atom stereocenters. The number of hydrogen-bond acceptors (Lipinski definition) is 3. The van der Waals surface area contributed by atoms with E-state index in [0.29, 0.717) is 22.8 Å². The van der Waals surface area contributed by atoms with Crippen LogP contribution in [0, 0.1) is 6.92 Å². The van der Waals surface area contributed by atoms with E-state index in [1.165, 1.54) is 0 Å². The van der Waals surface area contributed by atoms with Crippen LogP contribution in [0.15, 0.2) is 42.5 Å². The zero-order valence-electron chi connectivity index (χ0n) is 13.3. The van der Waals surface area contributed by atoms with E-state index in [1.807, 2.05) is 49.4 Å². The molecule has 1 amide bonds. The Hall–Kier alpha value is -2.47. The van der Waals surface area contributed by atoms with Crippen molar-refractivity contribution in [3.63, 3.8) is 0 Å². The maximum Gasteiger partial charge on any atom is 0.255 e. The van der Waals surface area contributed by atoms with Crippen LogP contribution in [0.2, 0.25) is 0 Å². The fourth-order valence-electron chi connectivity index (χ4n) is 3.05. The molecular weight excluding hydrogens is 322 g/mol. The molecule has 1 unspecified atom stereocenters. The molecule has 3 aromatic rings. The summed E-state index contributed by atoms with van der Waals surface area (Å²) in [5.74, 6) is 1.90. The predicted molar refractivity (Wildman–Crippen MR) is 95.6 cm³/mol. The minimum Gasteiger partial charge on any atom is -0.326 e. The van der Waals surface area contributed by atoms with Crippen molar-refractivity contribution in [2.75, 3.05) is 11.1 Å². The number of amides is 1. The molecule has 1 aromatic heterocycles. The highest BCUT2D eigenvalue weighted by Crippen LogP contribution is 2.24. The maximum atomic E-state index is 12.4. The van der Waals surface area contributed by atoms with E-state index in [4.69, 9.17) is 0 Å². The number of nitrogens with zero attached hydrogens (tertiary/aromatic N) is 2. The van der Waals surface area contributed by atoms with Crippen LogP contribution in [0.25, 0.3) is 11.0 Å². The second kappa shape index (κ2) is 5.87. The third-order valence-corrected chi connectivity index (χ3v) is 5.53. The first-order valence-electron chi connectivity index (χ1n) is 7.83. The van der Waals surface area contributed by atoms with Crippen LogP contribution in [0.3, 0.4) is 0 Å². The molecule has 0 radical (unpaired) electrons. The molecule has 6 heteroatoms. The van der Waals surface area contributed by atoms with Gasteiger partial charge in [-0.3, -0.25) is 9.00 Å². The number of nitrogens with one attached hydrogen (secondary N) is 1. The molecule has 122 valence electrons. The van der Waals surface area contributed by atoms with Crippen molar-refractivity contribution in [1.29, 1.82) is 0 Å². The molecule has 24 heavy (non-hydrogen) atoms. The van der Waals surface area contributed by atoms with Gasteiger partial charge in [-0.1, -0.05) is 18.2 Å². The first kappa shape index (κ1) is 15.1. The summed E-state index contributed by atoms with van der Waals surface area (Å²) in [5.41, 5.74) is 4.17. The fourth-order valence-corrected chi connectivity index (χ4v) is 4.09. The molecule has 4 rings (SSSR count). The van der Waals surface area contributed by atoms with Gasteiger partial charge in [0.1, 0.15) is 5.82 Å². The van der Waals surface area contributed by atoms with Gasteiger partial charge in [-0.2, -0.15) is 0 Å². The van der Waals surface area contributed by atoms with Gasteiger partial charge in [-0.05, 0) is 36.8 Å². The van der Waals surface area contributed by atoms with Crippen molar-refractivity contribution in [3.05, 3.63) is 59.4 Å². The number of anilines is 1. The summed E-state index contributed by atoms with van der Waals surface area (Å²) in [7, 11) is -0.823. The summed E-state index contributed by atoms with van der Waals surface area (Å²) < 4.78 is 13.8. The highest BCUT2D eigenvalue weighted by molar-refractivity contribution is 7.84. The lowest BCUT2D eigenvalue weighted by molar-refractivity contribution is 0.102. The monoisotopic (exact) mass is 339 g/mol. The number of hydrogen-bond donors (Lipinski definition) is 1. The van der Waals surface area contributed by atoms with Crippen LogP contribution < -0.4 is 5.32 Å². The quantitative estimate of drug-likeness (QED) is 0.781. The minimum absolute atomic E-state index is 0.127. The zero-order valence-corrected chi connectivity index (χ0v) is 14.1. The third-order valence-electron chi connectivity index (χ3n) is 4.31. The third kappa shape index (κ3) is 2.63. The molecule has 0 saturated carbocycles. The van der Waals surface area contributed by atoms with Gasteiger partial charge in [0.05, 0.1) is 16.8 Å². The Morgan fingerprint density at radius 2 is 2.08 bits per heavy atom. The van der Waals surface area contributed by atoms with E-state index in [-0.39, 0.29) is 5.91 Å². The van der Waals surface area contributed by atoms with E-state index < -0.39 is 10.8 Å². The van der Waals surface area contributed by atoms with E-state index in [9.17, 15) is 9.00 Å². The van der Waals surface area contributed by atoms with Crippen LogP contribution in [0.1, 0.15) is 21.7 Å². The molecule has 2 aromatic carbocycles. The number of benzene rings is 2. The molecule has 1 aliphatic rings. The van der Waals surface area contributed by atoms with Gasteiger partial charge < -0.3 is 9.88 Å². The van der Waals surface area contributed by atoms with Crippen molar-refractivity contribution in [2.24, 2.45) is 0 Å². The van der Waals surface area contributed by atoms with Gasteiger partial charge in [-0.15, -0.1) is 0 Å². The largest absolute Gasteiger partial charge is 0.326 e. The van der Waals surface area contributed by atoms with Crippen molar-refractivity contribution in [3.8, 4) is 0 Å². The summed E-state index contributed by atoms with van der Waals surface area (Å²) in [6.07, 6.45) is 0. The lowest BCUT2D eigenvalue weighted by Gasteiger charge is -2.13. The summed E-state index contributed by atoms with van der Waals surface area (Å²) >= 11 is 0. The molecular formula is C18H17N3O2S. The Morgan fingerprint density at radius 1 is 1.25 bits per heavy atom. The number of carbonyl (C=O) groups excluding carboxylic acids is 1. The standard InChI is InChI=1S/C18H17N3O2S/c1-12-4-2-3-5-14(12)18(22)19-13-6-7-16-15(10-13)20-17-11-24(23)9-8-21(16)17/h2-7,10H,8-9,11H2,1H3,(H,19,22). The van der Waals surface area contributed by atoms with Crippen molar-refractivity contribution >= 4 is 33.4 Å². The molecule has 1 aliphatic heterocycles. The van der Waals surface area contributed by atoms with E-state index >= 15 is 0 Å². The minimum atomic E-state index is -0.823. The van der Waals surface area contributed by atoms with Crippen LogP contribution in [0.4, 0.5) is 5.69 Å². The lowest BCUT2D eigenvalue weighted by Crippen LogP contribution is -2.19. The lowest BCUT2D eigenvalue weighted by atomic mass is 10.1. The van der Waals surface area contributed by atoms with E-state index in [2.05, 4.69) is 14.9 Å². The van der Waals surface area contributed by atoms with Gasteiger partial charge in [-0.25, -0.2) is 4.98 Å². The Labute approximate surface area is 142 Å². The molecule has 1 N–H and O–H groups in total. The van der Waals surface area contributed by atoms with Gasteiger partial charge in [0.25, 0.3) is 5.91 Å². The van der Waals surface area contributed by atoms with Crippen molar-refractivity contribution < 1.29 is 9.00 Å². The van der Waals surface area contributed by atoms with Gasteiger partial charge >= 0.3 is 0 Å². The second-order valence-corrected chi connectivity index (χ2v) is 7.52. The average molecular weight is 339 g/mol. The smallest absolute Gasteiger partial charge is 0.255 e. The van der Waals surface area contributed by atoms with Crippen molar-refractivity contribution in [1.82, 2.24) is 9.55 Å². The Balaban J connectivity index is 1.65.